The second-order valence-corrected chi connectivity index (χ2v) is 7.68. The Labute approximate surface area is 144 Å². The third-order valence-electron chi connectivity index (χ3n) is 5.88. The van der Waals surface area contributed by atoms with Crippen LogP contribution in [0.15, 0.2) is 24.5 Å². The molecule has 0 radical (unpaired) electrons. The largest absolute Gasteiger partial charge is 0.379 e. The molecule has 1 saturated carbocycles. The van der Waals surface area contributed by atoms with Crippen molar-refractivity contribution >= 4 is 11.6 Å². The predicted molar refractivity (Wildman–Crippen MR) is 92.9 cm³/mol. The molecule has 1 aromatic rings. The summed E-state index contributed by atoms with van der Waals surface area (Å²) in [6, 6.07) is 4.10. The van der Waals surface area contributed by atoms with Crippen LogP contribution in [0, 0.1) is 11.3 Å². The molecule has 3 heterocycles. The van der Waals surface area contributed by atoms with Crippen LogP contribution in [0.25, 0.3) is 0 Å². The quantitative estimate of drug-likeness (QED) is 0.835. The Kier molecular flexibility index (Phi) is 4.44. The highest BCUT2D eigenvalue weighted by atomic mass is 16.5. The summed E-state index contributed by atoms with van der Waals surface area (Å²) in [7, 11) is 0. The van der Waals surface area contributed by atoms with Gasteiger partial charge in [-0.05, 0) is 37.8 Å². The van der Waals surface area contributed by atoms with Gasteiger partial charge in [-0.15, -0.1) is 0 Å². The van der Waals surface area contributed by atoms with E-state index in [4.69, 9.17) is 4.74 Å². The minimum Gasteiger partial charge on any atom is -0.379 e. The van der Waals surface area contributed by atoms with Crippen molar-refractivity contribution in [1.29, 1.82) is 0 Å². The minimum absolute atomic E-state index is 0.0595. The molecule has 0 N–H and O–H groups in total. The molecule has 1 amide bonds. The van der Waals surface area contributed by atoms with E-state index in [0.717, 1.165) is 70.8 Å². The van der Waals surface area contributed by atoms with Crippen LogP contribution in [0.1, 0.15) is 32.1 Å². The number of amides is 1. The van der Waals surface area contributed by atoms with Gasteiger partial charge in [0.05, 0.1) is 25.1 Å². The van der Waals surface area contributed by atoms with Gasteiger partial charge in [0.25, 0.3) is 0 Å². The topological polar surface area (TPSA) is 45.7 Å². The van der Waals surface area contributed by atoms with E-state index in [1.165, 1.54) is 6.42 Å². The minimum atomic E-state index is 0.0595. The second-order valence-electron chi connectivity index (χ2n) is 7.68. The maximum atomic E-state index is 12.7. The van der Waals surface area contributed by atoms with Crippen molar-refractivity contribution in [1.82, 2.24) is 9.88 Å². The molecule has 3 fully saturated rings. The molecular formula is C19H27N3O2. The van der Waals surface area contributed by atoms with Crippen LogP contribution in [0.4, 0.5) is 5.69 Å². The molecule has 1 atom stereocenters. The van der Waals surface area contributed by atoms with Crippen LogP contribution in [0.5, 0.6) is 0 Å². The highest BCUT2D eigenvalue weighted by molar-refractivity contribution is 5.79. The summed E-state index contributed by atoms with van der Waals surface area (Å²) in [5.74, 6) is 0.679. The lowest BCUT2D eigenvalue weighted by Gasteiger charge is -2.45. The van der Waals surface area contributed by atoms with Crippen LogP contribution in [-0.2, 0) is 9.53 Å². The molecule has 2 aliphatic heterocycles. The fourth-order valence-electron chi connectivity index (χ4n) is 4.31. The van der Waals surface area contributed by atoms with Gasteiger partial charge >= 0.3 is 0 Å². The van der Waals surface area contributed by atoms with Crippen LogP contribution in [0.2, 0.25) is 0 Å². The number of carbonyl (C=O) groups is 1. The van der Waals surface area contributed by atoms with E-state index in [1.54, 1.807) is 0 Å². The average molecular weight is 329 g/mol. The summed E-state index contributed by atoms with van der Waals surface area (Å²) in [5.41, 5.74) is 1.22. The molecule has 5 heteroatoms. The Balaban J connectivity index is 1.50. The smallest absolute Gasteiger partial charge is 0.225 e. The van der Waals surface area contributed by atoms with Crippen molar-refractivity contribution in [3.05, 3.63) is 24.5 Å². The Morgan fingerprint density at radius 3 is 2.92 bits per heavy atom. The summed E-state index contributed by atoms with van der Waals surface area (Å²) in [4.78, 5) is 21.5. The Hall–Kier alpha value is -1.62. The zero-order chi connectivity index (χ0) is 16.4. The van der Waals surface area contributed by atoms with Crippen LogP contribution in [0.3, 0.4) is 0 Å². The second kappa shape index (κ2) is 6.71. The zero-order valence-corrected chi connectivity index (χ0v) is 14.3. The van der Waals surface area contributed by atoms with Gasteiger partial charge in [-0.1, -0.05) is 6.42 Å². The number of likely N-dealkylation sites (tertiary alicyclic amines) is 1. The summed E-state index contributed by atoms with van der Waals surface area (Å²) < 4.78 is 5.97. The summed E-state index contributed by atoms with van der Waals surface area (Å²) in [6.45, 7) is 5.12. The number of aromatic nitrogens is 1. The van der Waals surface area contributed by atoms with Crippen LogP contribution in [-0.4, -0.2) is 55.2 Å². The van der Waals surface area contributed by atoms with Crippen molar-refractivity contribution in [3.8, 4) is 0 Å². The van der Waals surface area contributed by atoms with Crippen molar-refractivity contribution in [2.75, 3.05) is 44.3 Å². The number of anilines is 1. The first-order valence-corrected chi connectivity index (χ1v) is 9.27. The number of rotatable bonds is 2. The number of pyridine rings is 1. The lowest BCUT2D eigenvalue weighted by atomic mass is 9.78. The maximum Gasteiger partial charge on any atom is 0.225 e. The van der Waals surface area contributed by atoms with Gasteiger partial charge in [-0.3, -0.25) is 9.78 Å². The lowest BCUT2D eigenvalue weighted by Crippen LogP contribution is -2.53. The van der Waals surface area contributed by atoms with Gasteiger partial charge in [0.15, 0.2) is 0 Å². The first kappa shape index (κ1) is 15.9. The predicted octanol–water partition coefficient (Wildman–Crippen LogP) is 2.33. The van der Waals surface area contributed by atoms with Gasteiger partial charge in [0.2, 0.25) is 5.91 Å². The highest BCUT2D eigenvalue weighted by Crippen LogP contribution is 2.36. The first-order valence-electron chi connectivity index (χ1n) is 9.27. The third kappa shape index (κ3) is 3.14. The SMILES string of the molecule is O=C(C1CCC1)N1CCCC2(COCCN(c3cccnc3)C2)C1. The number of nitrogens with zero attached hydrogens (tertiary/aromatic N) is 3. The van der Waals surface area contributed by atoms with E-state index in [9.17, 15) is 4.79 Å². The maximum absolute atomic E-state index is 12.7. The summed E-state index contributed by atoms with van der Waals surface area (Å²) >= 11 is 0. The molecule has 3 aliphatic rings. The normalized spacial score (nSPS) is 28.5. The van der Waals surface area contributed by atoms with Crippen molar-refractivity contribution in [2.45, 2.75) is 32.1 Å². The standard InChI is InChI=1S/C19H27N3O2/c23-18(16-4-1-5-16)22-9-3-7-19(14-22)13-21(10-11-24-15-19)17-6-2-8-20-12-17/h2,6,8,12,16H,1,3-5,7,9-11,13-15H2. The van der Waals surface area contributed by atoms with E-state index >= 15 is 0 Å². The molecule has 2 saturated heterocycles. The van der Waals surface area contributed by atoms with Gasteiger partial charge < -0.3 is 14.5 Å². The summed E-state index contributed by atoms with van der Waals surface area (Å²) in [5, 5.41) is 0. The molecule has 0 bridgehead atoms. The molecule has 1 aromatic heterocycles. The monoisotopic (exact) mass is 329 g/mol. The molecule has 5 nitrogen and oxygen atoms in total. The number of hydrogen-bond acceptors (Lipinski definition) is 4. The highest BCUT2D eigenvalue weighted by Gasteiger charge is 2.42. The van der Waals surface area contributed by atoms with Gasteiger partial charge in [-0.25, -0.2) is 0 Å². The van der Waals surface area contributed by atoms with E-state index in [2.05, 4.69) is 20.9 Å². The molecule has 1 aliphatic carbocycles. The van der Waals surface area contributed by atoms with Crippen molar-refractivity contribution in [3.63, 3.8) is 0 Å². The zero-order valence-electron chi connectivity index (χ0n) is 14.3. The molecule has 1 spiro atoms. The Morgan fingerprint density at radius 2 is 2.17 bits per heavy atom. The van der Waals surface area contributed by atoms with Crippen molar-refractivity contribution in [2.24, 2.45) is 11.3 Å². The fraction of sp³-hybridized carbons (Fsp3) is 0.684. The molecule has 24 heavy (non-hydrogen) atoms. The van der Waals surface area contributed by atoms with E-state index < -0.39 is 0 Å². The van der Waals surface area contributed by atoms with Gasteiger partial charge in [0, 0.05) is 43.7 Å². The first-order chi connectivity index (χ1) is 11.8. The lowest BCUT2D eigenvalue weighted by molar-refractivity contribution is -0.142. The molecule has 130 valence electrons. The molecular weight excluding hydrogens is 302 g/mol. The number of piperidine rings is 1. The third-order valence-corrected chi connectivity index (χ3v) is 5.88. The molecule has 0 aromatic carbocycles. The van der Waals surface area contributed by atoms with Crippen LogP contribution >= 0.6 is 0 Å². The molecule has 4 rings (SSSR count). The van der Waals surface area contributed by atoms with Crippen LogP contribution < -0.4 is 4.90 Å². The fourth-order valence-corrected chi connectivity index (χ4v) is 4.31. The van der Waals surface area contributed by atoms with Crippen molar-refractivity contribution < 1.29 is 9.53 Å². The number of ether oxygens (including phenoxy) is 1. The van der Waals surface area contributed by atoms with E-state index in [-0.39, 0.29) is 5.41 Å². The van der Waals surface area contributed by atoms with Gasteiger partial charge in [0.1, 0.15) is 0 Å². The Morgan fingerprint density at radius 1 is 1.25 bits per heavy atom. The number of hydrogen-bond donors (Lipinski definition) is 0. The summed E-state index contributed by atoms with van der Waals surface area (Å²) in [6.07, 6.45) is 9.35. The van der Waals surface area contributed by atoms with E-state index in [1.807, 2.05) is 18.5 Å². The number of carbonyl (C=O) groups excluding carboxylic acids is 1. The van der Waals surface area contributed by atoms with E-state index in [0.29, 0.717) is 11.8 Å². The Bertz CT molecular complexity index is 575. The molecule has 1 unspecified atom stereocenters. The van der Waals surface area contributed by atoms with Gasteiger partial charge in [-0.2, -0.15) is 0 Å². The average Bonchev–Trinajstić information content (AvgIpc) is 2.77.